The number of benzene rings is 1. The Morgan fingerprint density at radius 1 is 1.14 bits per heavy atom. The van der Waals surface area contributed by atoms with E-state index in [0.717, 1.165) is 25.9 Å². The second kappa shape index (κ2) is 7.38. The van der Waals surface area contributed by atoms with Gasteiger partial charge < -0.3 is 9.40 Å². The number of nitrogens with zero attached hydrogens (tertiary/aromatic N) is 1. The normalized spacial score (nSPS) is 16.6. The molecular weight excluding hydrogens is 384 g/mol. The van der Waals surface area contributed by atoms with Crippen LogP contribution < -0.4 is 16.0 Å². The van der Waals surface area contributed by atoms with Crippen LogP contribution in [-0.4, -0.2) is 42.9 Å². The lowest BCUT2D eigenvalue weighted by atomic mass is 10.2. The number of rotatable bonds is 6. The van der Waals surface area contributed by atoms with Crippen LogP contribution in [-0.2, 0) is 10.0 Å². The van der Waals surface area contributed by atoms with Crippen molar-refractivity contribution in [3.63, 3.8) is 0 Å². The van der Waals surface area contributed by atoms with Crippen molar-refractivity contribution in [2.75, 3.05) is 19.6 Å². The number of likely N-dealkylation sites (tertiary alicyclic amines) is 1. The molecule has 1 saturated heterocycles. The van der Waals surface area contributed by atoms with Crippen LogP contribution in [0.15, 0.2) is 55.5 Å². The number of nitrogens with one attached hydrogen (secondary N) is 3. The first-order valence-electron chi connectivity index (χ1n) is 8.97. The predicted octanol–water partition coefficient (Wildman–Crippen LogP) is 0.925. The van der Waals surface area contributed by atoms with Gasteiger partial charge in [-0.05, 0) is 56.3 Å². The van der Waals surface area contributed by atoms with Gasteiger partial charge in [-0.3, -0.25) is 14.7 Å². The van der Waals surface area contributed by atoms with Crippen molar-refractivity contribution in [3.05, 3.63) is 63.2 Å². The van der Waals surface area contributed by atoms with Crippen molar-refractivity contribution in [1.82, 2.24) is 19.6 Å². The van der Waals surface area contributed by atoms with Gasteiger partial charge in [-0.25, -0.2) is 17.9 Å². The summed E-state index contributed by atoms with van der Waals surface area (Å²) in [5.74, 6) is 0.706. The van der Waals surface area contributed by atoms with E-state index in [0.29, 0.717) is 5.76 Å². The molecule has 0 bridgehead atoms. The van der Waals surface area contributed by atoms with Gasteiger partial charge in [0.05, 0.1) is 28.1 Å². The first-order valence-corrected chi connectivity index (χ1v) is 10.5. The monoisotopic (exact) mass is 404 g/mol. The molecule has 0 saturated carbocycles. The van der Waals surface area contributed by atoms with E-state index in [1.54, 1.807) is 12.3 Å². The quantitative estimate of drug-likeness (QED) is 0.561. The van der Waals surface area contributed by atoms with E-state index in [4.69, 9.17) is 4.42 Å². The van der Waals surface area contributed by atoms with E-state index >= 15 is 0 Å². The lowest BCUT2D eigenvalue weighted by Crippen LogP contribution is -2.36. The summed E-state index contributed by atoms with van der Waals surface area (Å²) in [5, 5.41) is 0.101. The van der Waals surface area contributed by atoms with E-state index in [1.165, 1.54) is 18.2 Å². The number of hydrogen-bond donors (Lipinski definition) is 3. The molecule has 1 aromatic carbocycles. The molecule has 3 heterocycles. The van der Waals surface area contributed by atoms with Crippen molar-refractivity contribution in [1.29, 1.82) is 0 Å². The zero-order valence-corrected chi connectivity index (χ0v) is 15.8. The highest BCUT2D eigenvalue weighted by molar-refractivity contribution is 7.89. The Balaban J connectivity index is 1.60. The fourth-order valence-corrected chi connectivity index (χ4v) is 4.59. The van der Waals surface area contributed by atoms with Gasteiger partial charge >= 0.3 is 5.69 Å². The fraction of sp³-hybridized carbons (Fsp3) is 0.333. The van der Waals surface area contributed by atoms with Gasteiger partial charge in [0.25, 0.3) is 5.56 Å². The minimum Gasteiger partial charge on any atom is -0.468 e. The third kappa shape index (κ3) is 3.66. The fourth-order valence-electron chi connectivity index (χ4n) is 3.53. The average Bonchev–Trinajstić information content (AvgIpc) is 3.36. The van der Waals surface area contributed by atoms with Gasteiger partial charge in [0.2, 0.25) is 10.0 Å². The Bertz CT molecular complexity index is 1190. The number of furan rings is 1. The van der Waals surface area contributed by atoms with Crippen molar-refractivity contribution < 1.29 is 12.8 Å². The van der Waals surface area contributed by atoms with Crippen LogP contribution in [0, 0.1) is 0 Å². The Morgan fingerprint density at radius 2 is 1.93 bits per heavy atom. The van der Waals surface area contributed by atoms with E-state index < -0.39 is 21.3 Å². The molecule has 1 fully saturated rings. The Labute approximate surface area is 160 Å². The maximum atomic E-state index is 12.8. The van der Waals surface area contributed by atoms with Gasteiger partial charge in [0, 0.05) is 6.54 Å². The van der Waals surface area contributed by atoms with Crippen LogP contribution in [0.3, 0.4) is 0 Å². The molecule has 1 aliphatic heterocycles. The Kier molecular flexibility index (Phi) is 4.92. The van der Waals surface area contributed by atoms with E-state index in [2.05, 4.69) is 19.6 Å². The van der Waals surface area contributed by atoms with E-state index in [-0.39, 0.29) is 28.4 Å². The molecule has 148 valence electrons. The molecule has 3 N–H and O–H groups in total. The second-order valence-corrected chi connectivity index (χ2v) is 8.51. The van der Waals surface area contributed by atoms with Gasteiger partial charge in [-0.2, -0.15) is 0 Å². The molecule has 1 aliphatic rings. The predicted molar refractivity (Wildman–Crippen MR) is 103 cm³/mol. The number of fused-ring (bicyclic) bond motifs is 1. The first kappa shape index (κ1) is 18.7. The molecule has 0 aliphatic carbocycles. The van der Waals surface area contributed by atoms with Crippen molar-refractivity contribution in [2.24, 2.45) is 0 Å². The van der Waals surface area contributed by atoms with Crippen molar-refractivity contribution in [2.45, 2.75) is 23.8 Å². The third-order valence-electron chi connectivity index (χ3n) is 4.94. The highest BCUT2D eigenvalue weighted by Crippen LogP contribution is 2.25. The van der Waals surface area contributed by atoms with Crippen LogP contribution in [0.1, 0.15) is 24.6 Å². The van der Waals surface area contributed by atoms with Gasteiger partial charge in [0.1, 0.15) is 5.76 Å². The van der Waals surface area contributed by atoms with Gasteiger partial charge in [-0.1, -0.05) is 0 Å². The van der Waals surface area contributed by atoms with Gasteiger partial charge in [-0.15, -0.1) is 0 Å². The summed E-state index contributed by atoms with van der Waals surface area (Å²) in [7, 11) is -3.86. The smallest absolute Gasteiger partial charge is 0.326 e. The molecular formula is C18H20N4O5S. The van der Waals surface area contributed by atoms with Crippen LogP contribution >= 0.6 is 0 Å². The highest BCUT2D eigenvalue weighted by Gasteiger charge is 2.27. The molecule has 0 amide bonds. The Hall–Kier alpha value is -2.69. The molecule has 9 nitrogen and oxygen atoms in total. The van der Waals surface area contributed by atoms with E-state index in [9.17, 15) is 18.0 Å². The van der Waals surface area contributed by atoms with Crippen LogP contribution in [0.2, 0.25) is 0 Å². The molecule has 1 atom stereocenters. The van der Waals surface area contributed by atoms with Crippen LogP contribution in [0.4, 0.5) is 0 Å². The Morgan fingerprint density at radius 3 is 2.64 bits per heavy atom. The maximum absolute atomic E-state index is 12.8. The minimum atomic E-state index is -3.86. The highest BCUT2D eigenvalue weighted by atomic mass is 32.2. The number of sulfonamides is 1. The number of hydrogen-bond acceptors (Lipinski definition) is 6. The van der Waals surface area contributed by atoms with Crippen LogP contribution in [0.25, 0.3) is 10.9 Å². The maximum Gasteiger partial charge on any atom is 0.326 e. The van der Waals surface area contributed by atoms with E-state index in [1.807, 2.05) is 6.07 Å². The van der Waals surface area contributed by atoms with Crippen LogP contribution in [0.5, 0.6) is 0 Å². The van der Waals surface area contributed by atoms with Crippen molar-refractivity contribution >= 4 is 20.9 Å². The summed E-state index contributed by atoms with van der Waals surface area (Å²) < 4.78 is 33.7. The molecule has 28 heavy (non-hydrogen) atoms. The zero-order chi connectivity index (χ0) is 19.7. The average molecular weight is 404 g/mol. The first-order chi connectivity index (χ1) is 13.4. The second-order valence-electron chi connectivity index (χ2n) is 6.74. The topological polar surface area (TPSA) is 128 Å². The molecule has 0 radical (unpaired) electrons. The molecule has 10 heteroatoms. The number of aromatic amines is 2. The molecule has 0 spiro atoms. The summed E-state index contributed by atoms with van der Waals surface area (Å²) in [6, 6.07) is 7.44. The van der Waals surface area contributed by atoms with Gasteiger partial charge in [0.15, 0.2) is 0 Å². The summed E-state index contributed by atoms with van der Waals surface area (Å²) in [6.45, 7) is 1.91. The SMILES string of the molecule is O=c1[nH]c(=O)c2cc(S(=O)(=O)NCC(c3ccco3)N3CCCC3)ccc2[nH]1. The zero-order valence-electron chi connectivity index (χ0n) is 15.0. The lowest BCUT2D eigenvalue weighted by Gasteiger charge is -2.26. The lowest BCUT2D eigenvalue weighted by molar-refractivity contribution is 0.216. The summed E-state index contributed by atoms with van der Waals surface area (Å²) >= 11 is 0. The molecule has 4 rings (SSSR count). The van der Waals surface area contributed by atoms with Crippen molar-refractivity contribution in [3.8, 4) is 0 Å². The summed E-state index contributed by atoms with van der Waals surface area (Å²) in [6.07, 6.45) is 3.70. The third-order valence-corrected chi connectivity index (χ3v) is 6.36. The molecule has 3 aromatic rings. The number of aromatic nitrogens is 2. The number of H-pyrrole nitrogens is 2. The molecule has 2 aromatic heterocycles. The molecule has 1 unspecified atom stereocenters. The summed E-state index contributed by atoms with van der Waals surface area (Å²) in [5.41, 5.74) is -1.00. The standard InChI is InChI=1S/C18H20N4O5S/c23-17-13-10-12(5-6-14(13)20-18(24)21-17)28(25,26)19-11-15(16-4-3-9-27-16)22-7-1-2-8-22/h3-6,9-10,15,19H,1-2,7-8,11H2,(H2,20,21,23,24). The summed E-state index contributed by atoms with van der Waals surface area (Å²) in [4.78, 5) is 30.0. The largest absolute Gasteiger partial charge is 0.468 e. The minimum absolute atomic E-state index is 0.0443.